The Hall–Kier alpha value is -2.95. The van der Waals surface area contributed by atoms with Crippen LogP contribution in [0.4, 0.5) is 11.4 Å². The molecular weight excluding hydrogens is 254 g/mol. The van der Waals surface area contributed by atoms with Gasteiger partial charge in [0.25, 0.3) is 5.91 Å². The van der Waals surface area contributed by atoms with E-state index in [-0.39, 0.29) is 11.4 Å². The number of anilines is 2. The van der Waals surface area contributed by atoms with Crippen molar-refractivity contribution in [3.05, 3.63) is 48.2 Å². The SMILES string of the molecule is NC(=O)c1oc2ccc(-c3ccccc3N)cc2c1N. The van der Waals surface area contributed by atoms with E-state index in [0.29, 0.717) is 16.7 Å². The van der Waals surface area contributed by atoms with Crippen molar-refractivity contribution in [2.45, 2.75) is 0 Å². The molecule has 0 aliphatic carbocycles. The Morgan fingerprint density at radius 1 is 1.05 bits per heavy atom. The predicted molar refractivity (Wildman–Crippen MR) is 79.0 cm³/mol. The van der Waals surface area contributed by atoms with Gasteiger partial charge < -0.3 is 21.6 Å². The number of rotatable bonds is 2. The van der Waals surface area contributed by atoms with Gasteiger partial charge in [0.05, 0.1) is 5.69 Å². The summed E-state index contributed by atoms with van der Waals surface area (Å²) in [6.07, 6.45) is 0. The van der Waals surface area contributed by atoms with Crippen molar-refractivity contribution in [2.75, 3.05) is 11.5 Å². The van der Waals surface area contributed by atoms with Crippen LogP contribution in [0, 0.1) is 0 Å². The fraction of sp³-hybridized carbons (Fsp3) is 0. The van der Waals surface area contributed by atoms with Crippen LogP contribution in [0.2, 0.25) is 0 Å². The number of hydrogen-bond donors (Lipinski definition) is 3. The lowest BCUT2D eigenvalue weighted by Gasteiger charge is -2.05. The van der Waals surface area contributed by atoms with Gasteiger partial charge in [-0.05, 0) is 23.8 Å². The minimum Gasteiger partial charge on any atom is -0.449 e. The molecule has 0 saturated carbocycles. The highest BCUT2D eigenvalue weighted by molar-refractivity contribution is 6.05. The van der Waals surface area contributed by atoms with Crippen molar-refractivity contribution in [3.63, 3.8) is 0 Å². The van der Waals surface area contributed by atoms with Gasteiger partial charge in [0.2, 0.25) is 5.76 Å². The van der Waals surface area contributed by atoms with Gasteiger partial charge in [-0.25, -0.2) is 0 Å². The first-order chi connectivity index (χ1) is 9.58. The van der Waals surface area contributed by atoms with Crippen molar-refractivity contribution >= 4 is 28.3 Å². The number of benzene rings is 2. The van der Waals surface area contributed by atoms with Crippen LogP contribution < -0.4 is 17.2 Å². The number of nitrogen functional groups attached to an aromatic ring is 2. The molecule has 3 aromatic rings. The quantitative estimate of drug-likeness (QED) is 0.619. The van der Waals surface area contributed by atoms with E-state index in [0.717, 1.165) is 11.1 Å². The first-order valence-electron chi connectivity index (χ1n) is 6.04. The Balaban J connectivity index is 2.23. The fourth-order valence-corrected chi connectivity index (χ4v) is 2.23. The van der Waals surface area contributed by atoms with Crippen molar-refractivity contribution in [2.24, 2.45) is 5.73 Å². The summed E-state index contributed by atoms with van der Waals surface area (Å²) in [6.45, 7) is 0. The molecule has 0 saturated heterocycles. The summed E-state index contributed by atoms with van der Waals surface area (Å²) in [5.41, 5.74) is 20.3. The third-order valence-corrected chi connectivity index (χ3v) is 3.22. The van der Waals surface area contributed by atoms with Crippen LogP contribution in [0.15, 0.2) is 46.9 Å². The summed E-state index contributed by atoms with van der Waals surface area (Å²) in [6, 6.07) is 13.0. The van der Waals surface area contributed by atoms with Crippen molar-refractivity contribution in [1.29, 1.82) is 0 Å². The van der Waals surface area contributed by atoms with Gasteiger partial charge in [0, 0.05) is 16.6 Å². The maximum absolute atomic E-state index is 11.2. The van der Waals surface area contributed by atoms with Crippen LogP contribution in [0.3, 0.4) is 0 Å². The molecule has 6 N–H and O–H groups in total. The molecule has 0 aliphatic heterocycles. The Morgan fingerprint density at radius 2 is 1.80 bits per heavy atom. The smallest absolute Gasteiger partial charge is 0.286 e. The van der Waals surface area contributed by atoms with Crippen molar-refractivity contribution in [3.8, 4) is 11.1 Å². The monoisotopic (exact) mass is 267 g/mol. The number of carbonyl (C=O) groups excluding carboxylic acids is 1. The molecule has 0 spiro atoms. The first-order valence-corrected chi connectivity index (χ1v) is 6.04. The number of fused-ring (bicyclic) bond motifs is 1. The number of furan rings is 1. The highest BCUT2D eigenvalue weighted by Gasteiger charge is 2.16. The molecule has 5 nitrogen and oxygen atoms in total. The molecule has 0 aliphatic rings. The molecule has 1 heterocycles. The van der Waals surface area contributed by atoms with E-state index in [1.165, 1.54) is 0 Å². The highest BCUT2D eigenvalue weighted by atomic mass is 16.3. The van der Waals surface area contributed by atoms with Gasteiger partial charge in [0.1, 0.15) is 5.58 Å². The fourth-order valence-electron chi connectivity index (χ4n) is 2.23. The number of nitrogens with two attached hydrogens (primary N) is 3. The van der Waals surface area contributed by atoms with Gasteiger partial charge in [-0.3, -0.25) is 4.79 Å². The summed E-state index contributed by atoms with van der Waals surface area (Å²) in [5.74, 6) is -0.697. The van der Waals surface area contributed by atoms with E-state index < -0.39 is 5.91 Å². The van der Waals surface area contributed by atoms with Gasteiger partial charge in [0.15, 0.2) is 0 Å². The van der Waals surface area contributed by atoms with E-state index in [4.69, 9.17) is 21.6 Å². The zero-order valence-corrected chi connectivity index (χ0v) is 10.6. The third-order valence-electron chi connectivity index (χ3n) is 3.22. The molecule has 0 bridgehead atoms. The molecule has 3 rings (SSSR count). The molecule has 1 aromatic heterocycles. The van der Waals surface area contributed by atoms with E-state index in [1.807, 2.05) is 36.4 Å². The molecule has 0 atom stereocenters. The standard InChI is InChI=1S/C15H13N3O2/c16-11-4-2-1-3-9(11)8-5-6-12-10(7-8)13(17)14(20-12)15(18)19/h1-7H,16-17H2,(H2,18,19). The van der Waals surface area contributed by atoms with Crippen LogP contribution in [0.5, 0.6) is 0 Å². The van der Waals surface area contributed by atoms with Gasteiger partial charge in [-0.1, -0.05) is 24.3 Å². The zero-order valence-electron chi connectivity index (χ0n) is 10.6. The van der Waals surface area contributed by atoms with Crippen LogP contribution in [0.1, 0.15) is 10.6 Å². The molecular formula is C15H13N3O2. The van der Waals surface area contributed by atoms with Crippen LogP contribution >= 0.6 is 0 Å². The largest absolute Gasteiger partial charge is 0.449 e. The molecule has 100 valence electrons. The van der Waals surface area contributed by atoms with E-state index in [9.17, 15) is 4.79 Å². The van der Waals surface area contributed by atoms with Crippen LogP contribution in [-0.2, 0) is 0 Å². The third kappa shape index (κ3) is 1.76. The van der Waals surface area contributed by atoms with Gasteiger partial charge >= 0.3 is 0 Å². The molecule has 0 unspecified atom stereocenters. The maximum atomic E-state index is 11.2. The summed E-state index contributed by atoms with van der Waals surface area (Å²) in [4.78, 5) is 11.2. The number of hydrogen-bond acceptors (Lipinski definition) is 4. The lowest BCUT2D eigenvalue weighted by atomic mass is 10.0. The molecule has 1 amide bonds. The molecule has 0 fully saturated rings. The average molecular weight is 267 g/mol. The molecule has 20 heavy (non-hydrogen) atoms. The Kier molecular flexibility index (Phi) is 2.61. The average Bonchev–Trinajstić information content (AvgIpc) is 2.76. The highest BCUT2D eigenvalue weighted by Crippen LogP contribution is 2.33. The first kappa shape index (κ1) is 12.1. The number of primary amides is 1. The number of carbonyl (C=O) groups is 1. The number of amides is 1. The summed E-state index contributed by atoms with van der Waals surface area (Å²) in [5, 5.41) is 0.652. The second-order valence-electron chi connectivity index (χ2n) is 4.51. The topological polar surface area (TPSA) is 108 Å². The minimum absolute atomic E-state index is 0.0156. The van der Waals surface area contributed by atoms with E-state index in [2.05, 4.69) is 0 Å². The summed E-state index contributed by atoms with van der Waals surface area (Å²) in [7, 11) is 0. The molecule has 2 aromatic carbocycles. The Bertz CT molecular complexity index is 821. The van der Waals surface area contributed by atoms with Gasteiger partial charge in [-0.2, -0.15) is 0 Å². The zero-order chi connectivity index (χ0) is 14.3. The summed E-state index contributed by atoms with van der Waals surface area (Å²) >= 11 is 0. The lowest BCUT2D eigenvalue weighted by Crippen LogP contribution is -2.11. The molecule has 5 heteroatoms. The Morgan fingerprint density at radius 3 is 2.50 bits per heavy atom. The predicted octanol–water partition coefficient (Wildman–Crippen LogP) is 2.36. The normalized spacial score (nSPS) is 10.8. The van der Waals surface area contributed by atoms with Crippen LogP contribution in [0.25, 0.3) is 22.1 Å². The minimum atomic E-state index is -0.681. The second kappa shape index (κ2) is 4.31. The Labute approximate surface area is 115 Å². The maximum Gasteiger partial charge on any atom is 0.286 e. The second-order valence-corrected chi connectivity index (χ2v) is 4.51. The number of para-hydroxylation sites is 1. The summed E-state index contributed by atoms with van der Waals surface area (Å²) < 4.78 is 5.35. The lowest BCUT2D eigenvalue weighted by molar-refractivity contribution is 0.0977. The van der Waals surface area contributed by atoms with Crippen molar-refractivity contribution < 1.29 is 9.21 Å². The van der Waals surface area contributed by atoms with Crippen molar-refractivity contribution in [1.82, 2.24) is 0 Å². The van der Waals surface area contributed by atoms with Gasteiger partial charge in [-0.15, -0.1) is 0 Å². The molecule has 0 radical (unpaired) electrons. The van der Waals surface area contributed by atoms with E-state index >= 15 is 0 Å². The van der Waals surface area contributed by atoms with Crippen LogP contribution in [-0.4, -0.2) is 5.91 Å². The van der Waals surface area contributed by atoms with E-state index in [1.54, 1.807) is 6.07 Å².